The summed E-state index contributed by atoms with van der Waals surface area (Å²) in [5.74, 6) is 0.891. The Morgan fingerprint density at radius 1 is 1.05 bits per heavy atom. The summed E-state index contributed by atoms with van der Waals surface area (Å²) < 4.78 is 26.8. The Morgan fingerprint density at radius 2 is 1.74 bits per heavy atom. The van der Waals surface area contributed by atoms with Crippen molar-refractivity contribution >= 4 is 0 Å². The maximum Gasteiger partial charge on any atom is 0.126 e. The second-order valence-electron chi connectivity index (χ2n) is 6.65. The van der Waals surface area contributed by atoms with Crippen molar-refractivity contribution in [2.75, 3.05) is 0 Å². The third-order valence-electron chi connectivity index (χ3n) is 5.85. The fourth-order valence-electron chi connectivity index (χ4n) is 5.25. The van der Waals surface area contributed by atoms with Gasteiger partial charge in [0.15, 0.2) is 0 Å². The molecule has 1 aromatic rings. The highest BCUT2D eigenvalue weighted by molar-refractivity contribution is 5.29. The van der Waals surface area contributed by atoms with Gasteiger partial charge >= 0.3 is 0 Å². The standard InChI is InChI=1S/C16H18F2O/c17-11-5-10(6-12(18)7-11)16(19)8-9-4-15(16)14-3-1-2-13(9)14/h5-7,9,13-15,19H,1-4,8H2. The molecule has 3 fully saturated rings. The van der Waals surface area contributed by atoms with Gasteiger partial charge in [0.05, 0.1) is 5.60 Å². The second-order valence-corrected chi connectivity index (χ2v) is 6.65. The Kier molecular flexibility index (Phi) is 2.36. The van der Waals surface area contributed by atoms with Crippen molar-refractivity contribution in [3.63, 3.8) is 0 Å². The molecule has 0 radical (unpaired) electrons. The number of benzene rings is 1. The van der Waals surface area contributed by atoms with Crippen LogP contribution in [0.15, 0.2) is 18.2 Å². The van der Waals surface area contributed by atoms with Gasteiger partial charge in [-0.25, -0.2) is 8.78 Å². The zero-order chi connectivity index (χ0) is 13.2. The van der Waals surface area contributed by atoms with Crippen LogP contribution < -0.4 is 0 Å². The van der Waals surface area contributed by atoms with Gasteiger partial charge in [0.1, 0.15) is 11.6 Å². The van der Waals surface area contributed by atoms with Gasteiger partial charge in [-0.15, -0.1) is 0 Å². The maximum atomic E-state index is 13.4. The molecule has 19 heavy (non-hydrogen) atoms. The van der Waals surface area contributed by atoms with E-state index in [9.17, 15) is 13.9 Å². The fraction of sp³-hybridized carbons (Fsp3) is 0.625. The molecule has 1 nitrogen and oxygen atoms in total. The zero-order valence-corrected chi connectivity index (χ0v) is 10.8. The minimum atomic E-state index is -1.00. The lowest BCUT2D eigenvalue weighted by Crippen LogP contribution is -2.39. The first-order chi connectivity index (χ1) is 9.08. The largest absolute Gasteiger partial charge is 0.385 e. The van der Waals surface area contributed by atoms with Crippen molar-refractivity contribution in [1.82, 2.24) is 0 Å². The highest BCUT2D eigenvalue weighted by atomic mass is 19.1. The van der Waals surface area contributed by atoms with Gasteiger partial charge in [-0.05, 0) is 67.1 Å². The zero-order valence-electron chi connectivity index (χ0n) is 10.8. The average molecular weight is 264 g/mol. The van der Waals surface area contributed by atoms with Crippen LogP contribution in [0.2, 0.25) is 0 Å². The summed E-state index contributed by atoms with van der Waals surface area (Å²) in [5, 5.41) is 11.0. The molecule has 1 N–H and O–H groups in total. The summed E-state index contributed by atoms with van der Waals surface area (Å²) in [4.78, 5) is 0. The number of hydrogen-bond acceptors (Lipinski definition) is 1. The predicted octanol–water partition coefficient (Wildman–Crippen LogP) is 3.61. The lowest BCUT2D eigenvalue weighted by molar-refractivity contribution is -0.0516. The van der Waals surface area contributed by atoms with Gasteiger partial charge in [0, 0.05) is 6.07 Å². The van der Waals surface area contributed by atoms with Crippen LogP contribution in [0.1, 0.15) is 37.7 Å². The predicted molar refractivity (Wildman–Crippen MR) is 67.3 cm³/mol. The normalized spacial score (nSPS) is 43.7. The monoisotopic (exact) mass is 264 g/mol. The number of halogens is 2. The number of aliphatic hydroxyl groups is 1. The van der Waals surface area contributed by atoms with E-state index in [1.807, 2.05) is 0 Å². The molecule has 0 spiro atoms. The van der Waals surface area contributed by atoms with Crippen molar-refractivity contribution < 1.29 is 13.9 Å². The van der Waals surface area contributed by atoms with Crippen LogP contribution in [-0.2, 0) is 5.60 Å². The van der Waals surface area contributed by atoms with Crippen LogP contribution in [-0.4, -0.2) is 5.11 Å². The molecule has 0 aromatic heterocycles. The van der Waals surface area contributed by atoms with E-state index in [4.69, 9.17) is 0 Å². The van der Waals surface area contributed by atoms with Gasteiger partial charge in [-0.3, -0.25) is 0 Å². The summed E-state index contributed by atoms with van der Waals surface area (Å²) in [7, 11) is 0. The summed E-state index contributed by atoms with van der Waals surface area (Å²) in [6.07, 6.45) is 5.41. The first-order valence-electron chi connectivity index (χ1n) is 7.27. The third kappa shape index (κ3) is 1.54. The Balaban J connectivity index is 1.75. The maximum absolute atomic E-state index is 13.4. The van der Waals surface area contributed by atoms with E-state index in [0.717, 1.165) is 18.4 Å². The van der Waals surface area contributed by atoms with Gasteiger partial charge in [-0.1, -0.05) is 6.42 Å². The van der Waals surface area contributed by atoms with Crippen LogP contribution in [0.4, 0.5) is 8.78 Å². The molecule has 3 heteroatoms. The number of rotatable bonds is 1. The van der Waals surface area contributed by atoms with E-state index in [0.29, 0.717) is 23.8 Å². The SMILES string of the molecule is OC1(c2cc(F)cc(F)c2)CC2CC1C1CCCC21. The van der Waals surface area contributed by atoms with Crippen molar-refractivity contribution in [2.45, 2.75) is 37.7 Å². The first-order valence-corrected chi connectivity index (χ1v) is 7.27. The Hall–Kier alpha value is -0.960. The molecule has 0 amide bonds. The molecular formula is C16H18F2O. The minimum absolute atomic E-state index is 0.200. The summed E-state index contributed by atoms with van der Waals surface area (Å²) in [6.45, 7) is 0. The van der Waals surface area contributed by atoms with Crippen LogP contribution in [0.3, 0.4) is 0 Å². The molecule has 5 unspecified atom stereocenters. The minimum Gasteiger partial charge on any atom is -0.385 e. The van der Waals surface area contributed by atoms with Gasteiger partial charge in [0.2, 0.25) is 0 Å². The molecule has 0 aliphatic heterocycles. The molecule has 3 aliphatic rings. The van der Waals surface area contributed by atoms with E-state index in [2.05, 4.69) is 0 Å². The first kappa shape index (κ1) is 11.8. The Labute approximate surface area is 111 Å². The summed E-state index contributed by atoms with van der Waals surface area (Å²) in [5.41, 5.74) is -0.554. The molecule has 5 atom stereocenters. The van der Waals surface area contributed by atoms with Crippen LogP contribution >= 0.6 is 0 Å². The van der Waals surface area contributed by atoms with Crippen molar-refractivity contribution in [3.05, 3.63) is 35.4 Å². The third-order valence-corrected chi connectivity index (χ3v) is 5.85. The van der Waals surface area contributed by atoms with Crippen LogP contribution in [0, 0.1) is 35.3 Å². The lowest BCUT2D eigenvalue weighted by Gasteiger charge is -2.39. The smallest absolute Gasteiger partial charge is 0.126 e. The second kappa shape index (κ2) is 3.78. The highest BCUT2D eigenvalue weighted by Gasteiger charge is 2.60. The summed E-state index contributed by atoms with van der Waals surface area (Å²) >= 11 is 0. The fourth-order valence-corrected chi connectivity index (χ4v) is 5.25. The topological polar surface area (TPSA) is 20.2 Å². The number of hydrogen-bond donors (Lipinski definition) is 1. The van der Waals surface area contributed by atoms with E-state index in [-0.39, 0.29) is 5.92 Å². The molecule has 0 heterocycles. The van der Waals surface area contributed by atoms with E-state index in [1.54, 1.807) is 0 Å². The quantitative estimate of drug-likeness (QED) is 0.821. The van der Waals surface area contributed by atoms with Crippen LogP contribution in [0.5, 0.6) is 0 Å². The molecule has 4 rings (SSSR count). The van der Waals surface area contributed by atoms with Gasteiger partial charge < -0.3 is 5.11 Å². The lowest BCUT2D eigenvalue weighted by atomic mass is 9.70. The van der Waals surface area contributed by atoms with Crippen molar-refractivity contribution in [1.29, 1.82) is 0 Å². The summed E-state index contributed by atoms with van der Waals surface area (Å²) in [6, 6.07) is 3.50. The number of fused-ring (bicyclic) bond motifs is 5. The average Bonchev–Trinajstić information content (AvgIpc) is 2.97. The van der Waals surface area contributed by atoms with Crippen molar-refractivity contribution in [3.8, 4) is 0 Å². The highest BCUT2D eigenvalue weighted by Crippen LogP contribution is 2.65. The molecule has 102 valence electrons. The molecule has 0 saturated heterocycles. The Morgan fingerprint density at radius 3 is 2.47 bits per heavy atom. The van der Waals surface area contributed by atoms with E-state index in [1.165, 1.54) is 31.4 Å². The van der Waals surface area contributed by atoms with Gasteiger partial charge in [-0.2, -0.15) is 0 Å². The molecule has 3 saturated carbocycles. The van der Waals surface area contributed by atoms with Crippen LogP contribution in [0.25, 0.3) is 0 Å². The molecular weight excluding hydrogens is 246 g/mol. The Bertz CT molecular complexity index is 509. The van der Waals surface area contributed by atoms with E-state index >= 15 is 0 Å². The van der Waals surface area contributed by atoms with Gasteiger partial charge in [0.25, 0.3) is 0 Å². The molecule has 3 aliphatic carbocycles. The van der Waals surface area contributed by atoms with Crippen molar-refractivity contribution in [2.24, 2.45) is 23.7 Å². The molecule has 1 aromatic carbocycles. The van der Waals surface area contributed by atoms with E-state index < -0.39 is 17.2 Å². The molecule has 2 bridgehead atoms.